The first-order valence-corrected chi connectivity index (χ1v) is 15.5. The zero-order valence-electron chi connectivity index (χ0n) is 26.7. The number of hydrogen-bond acceptors (Lipinski definition) is 5. The number of rotatable bonds is 13. The van der Waals surface area contributed by atoms with E-state index in [-0.39, 0.29) is 40.7 Å². The predicted octanol–water partition coefficient (Wildman–Crippen LogP) is 4.39. The molecule has 9 N–H and O–H groups in total. The van der Waals surface area contributed by atoms with Gasteiger partial charge in [0.2, 0.25) is 0 Å². The number of ether oxygens (including phenoxy) is 1. The number of nitrogens with two attached hydrogens (primary N) is 2. The molecule has 246 valence electrons. The lowest BCUT2D eigenvalue weighted by Crippen LogP contribution is -2.53. The highest BCUT2D eigenvalue weighted by atomic mass is 35.5. The first kappa shape index (κ1) is 35.6. The maximum Gasteiger partial charge on any atom is 0.313 e. The number of anilines is 1. The van der Waals surface area contributed by atoms with Crippen LogP contribution in [0.2, 0.25) is 5.02 Å². The SMILES string of the molecule is CCCC(C)(CC)OCC(C)(C)N(Cc1ccc2c(c1)C[C@H](CNC(=N)N)[C@H]2NC(=O)C(=O)Nc1ccc(Cl)c(F)c1)C(=N)N. The predicted molar refractivity (Wildman–Crippen MR) is 176 cm³/mol. The summed E-state index contributed by atoms with van der Waals surface area (Å²) in [7, 11) is 0. The van der Waals surface area contributed by atoms with Gasteiger partial charge in [-0.05, 0) is 74.9 Å². The third kappa shape index (κ3) is 9.30. The van der Waals surface area contributed by atoms with E-state index in [0.717, 1.165) is 42.0 Å². The molecule has 0 spiro atoms. The van der Waals surface area contributed by atoms with Crippen LogP contribution in [-0.4, -0.2) is 52.9 Å². The molecule has 1 unspecified atom stereocenters. The summed E-state index contributed by atoms with van der Waals surface area (Å²) in [6.07, 6.45) is 3.36. The van der Waals surface area contributed by atoms with Gasteiger partial charge in [-0.3, -0.25) is 20.4 Å². The van der Waals surface area contributed by atoms with Crippen LogP contribution in [0.4, 0.5) is 10.1 Å². The first-order valence-electron chi connectivity index (χ1n) is 15.1. The molecule has 0 bridgehead atoms. The van der Waals surface area contributed by atoms with Crippen LogP contribution in [0.3, 0.4) is 0 Å². The third-order valence-electron chi connectivity index (χ3n) is 8.38. The number of guanidine groups is 2. The molecular formula is C32H46ClFN8O3. The molecule has 0 fully saturated rings. The minimum Gasteiger partial charge on any atom is -0.373 e. The van der Waals surface area contributed by atoms with E-state index < -0.39 is 29.2 Å². The van der Waals surface area contributed by atoms with E-state index in [1.807, 2.05) is 36.9 Å². The Kier molecular flexibility index (Phi) is 11.8. The Labute approximate surface area is 269 Å². The minimum atomic E-state index is -0.959. The second kappa shape index (κ2) is 14.9. The highest BCUT2D eigenvalue weighted by Gasteiger charge is 2.36. The van der Waals surface area contributed by atoms with Crippen LogP contribution in [0, 0.1) is 22.6 Å². The maximum absolute atomic E-state index is 13.8. The summed E-state index contributed by atoms with van der Waals surface area (Å²) in [5.74, 6) is -3.08. The molecule has 0 saturated heterocycles. The normalized spacial score (nSPS) is 17.1. The maximum atomic E-state index is 13.8. The summed E-state index contributed by atoms with van der Waals surface area (Å²) in [5.41, 5.74) is 13.6. The van der Waals surface area contributed by atoms with Gasteiger partial charge in [0.1, 0.15) is 5.82 Å². The number of amides is 2. The second-order valence-electron chi connectivity index (χ2n) is 12.5. The van der Waals surface area contributed by atoms with Crippen LogP contribution in [0.1, 0.15) is 76.6 Å². The average molecular weight is 645 g/mol. The van der Waals surface area contributed by atoms with Gasteiger partial charge in [0.05, 0.1) is 28.8 Å². The number of carbonyl (C=O) groups is 2. The van der Waals surface area contributed by atoms with Crippen molar-refractivity contribution in [1.82, 2.24) is 15.5 Å². The van der Waals surface area contributed by atoms with Gasteiger partial charge in [-0.2, -0.15) is 0 Å². The van der Waals surface area contributed by atoms with Gasteiger partial charge in [0, 0.05) is 24.7 Å². The smallest absolute Gasteiger partial charge is 0.313 e. The lowest BCUT2D eigenvalue weighted by atomic mass is 9.96. The number of carbonyl (C=O) groups excluding carboxylic acids is 2. The topological polar surface area (TPSA) is 182 Å². The summed E-state index contributed by atoms with van der Waals surface area (Å²) in [6, 6.07) is 8.98. The fraction of sp³-hybridized carbons (Fsp3) is 0.500. The monoisotopic (exact) mass is 644 g/mol. The molecule has 1 aliphatic rings. The van der Waals surface area contributed by atoms with Crippen molar-refractivity contribution in [3.63, 3.8) is 0 Å². The lowest BCUT2D eigenvalue weighted by Gasteiger charge is -2.41. The quantitative estimate of drug-likeness (QED) is 0.0958. The third-order valence-corrected chi connectivity index (χ3v) is 8.69. The van der Waals surface area contributed by atoms with Gasteiger partial charge in [0.15, 0.2) is 11.9 Å². The molecule has 0 aromatic heterocycles. The largest absolute Gasteiger partial charge is 0.373 e. The van der Waals surface area contributed by atoms with Crippen molar-refractivity contribution >= 4 is 41.0 Å². The van der Waals surface area contributed by atoms with Gasteiger partial charge in [-0.1, -0.05) is 50.1 Å². The zero-order valence-corrected chi connectivity index (χ0v) is 27.4. The van der Waals surface area contributed by atoms with E-state index in [1.165, 1.54) is 12.1 Å². The van der Waals surface area contributed by atoms with Crippen LogP contribution >= 0.6 is 11.6 Å². The van der Waals surface area contributed by atoms with Crippen molar-refractivity contribution < 1.29 is 18.7 Å². The van der Waals surface area contributed by atoms with Crippen molar-refractivity contribution in [2.24, 2.45) is 17.4 Å². The number of nitrogens with zero attached hydrogens (tertiary/aromatic N) is 1. The van der Waals surface area contributed by atoms with Crippen LogP contribution in [-0.2, 0) is 27.3 Å². The zero-order chi connectivity index (χ0) is 33.5. The Morgan fingerprint density at radius 3 is 2.42 bits per heavy atom. The van der Waals surface area contributed by atoms with Gasteiger partial charge in [-0.25, -0.2) is 4.39 Å². The average Bonchev–Trinajstić information content (AvgIpc) is 3.31. The summed E-state index contributed by atoms with van der Waals surface area (Å²) >= 11 is 5.71. The van der Waals surface area contributed by atoms with Crippen LogP contribution in [0.25, 0.3) is 0 Å². The van der Waals surface area contributed by atoms with E-state index in [1.54, 1.807) is 0 Å². The van der Waals surface area contributed by atoms with E-state index >= 15 is 0 Å². The second-order valence-corrected chi connectivity index (χ2v) is 12.9. The molecule has 0 radical (unpaired) electrons. The fourth-order valence-corrected chi connectivity index (χ4v) is 5.72. The molecular weight excluding hydrogens is 599 g/mol. The Morgan fingerprint density at radius 2 is 1.82 bits per heavy atom. The van der Waals surface area contributed by atoms with Gasteiger partial charge in [-0.15, -0.1) is 0 Å². The van der Waals surface area contributed by atoms with E-state index in [2.05, 4.69) is 36.7 Å². The number of fused-ring (bicyclic) bond motifs is 1. The van der Waals surface area contributed by atoms with Crippen molar-refractivity contribution in [2.45, 2.75) is 84.0 Å². The van der Waals surface area contributed by atoms with Gasteiger partial charge in [0.25, 0.3) is 0 Å². The Balaban J connectivity index is 1.80. The molecule has 0 aliphatic heterocycles. The number of hydrogen-bond donors (Lipinski definition) is 7. The van der Waals surface area contributed by atoms with Gasteiger partial charge < -0.3 is 37.1 Å². The molecule has 2 aromatic carbocycles. The lowest BCUT2D eigenvalue weighted by molar-refractivity contribution is -0.136. The molecule has 11 nitrogen and oxygen atoms in total. The molecule has 0 saturated carbocycles. The molecule has 0 heterocycles. The highest BCUT2D eigenvalue weighted by molar-refractivity contribution is 6.39. The minimum absolute atomic E-state index is 0.0713. The van der Waals surface area contributed by atoms with E-state index in [4.69, 9.17) is 38.6 Å². The molecule has 2 aromatic rings. The summed E-state index contributed by atoms with van der Waals surface area (Å²) in [4.78, 5) is 27.5. The van der Waals surface area contributed by atoms with Crippen LogP contribution < -0.4 is 27.4 Å². The fourth-order valence-electron chi connectivity index (χ4n) is 5.60. The van der Waals surface area contributed by atoms with E-state index in [0.29, 0.717) is 19.6 Å². The Hall–Kier alpha value is -3.90. The molecule has 3 rings (SSSR count). The summed E-state index contributed by atoms with van der Waals surface area (Å²) < 4.78 is 20.2. The Morgan fingerprint density at radius 1 is 1.11 bits per heavy atom. The first-order chi connectivity index (χ1) is 21.1. The number of halogens is 2. The molecule has 2 amide bonds. The molecule has 45 heavy (non-hydrogen) atoms. The van der Waals surface area contributed by atoms with Crippen molar-refractivity contribution in [1.29, 1.82) is 10.8 Å². The molecule has 3 atom stereocenters. The standard InChI is InChI=1S/C32H46ClFN8O3/c1-6-12-32(5,7-2)45-18-31(3,4)42(30(37)38)17-19-8-10-23-20(13-19)14-21(16-39-29(35)36)26(23)41-28(44)27(43)40-22-9-11-24(33)25(34)15-22/h8-11,13,15,21,26H,6-7,12,14,16-18H2,1-5H3,(H3,37,38)(H,40,43)(H,41,44)(H4,35,36,39)/t21-,26-,32?/m1/s1. The van der Waals surface area contributed by atoms with Gasteiger partial charge >= 0.3 is 11.8 Å². The number of nitrogens with one attached hydrogen (secondary N) is 5. The summed E-state index contributed by atoms with van der Waals surface area (Å²) in [6.45, 7) is 11.4. The van der Waals surface area contributed by atoms with Crippen LogP contribution in [0.15, 0.2) is 36.4 Å². The van der Waals surface area contributed by atoms with Crippen molar-refractivity contribution in [3.8, 4) is 0 Å². The molecule has 1 aliphatic carbocycles. The van der Waals surface area contributed by atoms with E-state index in [9.17, 15) is 14.0 Å². The molecule has 13 heteroatoms. The summed E-state index contributed by atoms with van der Waals surface area (Å²) in [5, 5.41) is 23.8. The van der Waals surface area contributed by atoms with Crippen LogP contribution in [0.5, 0.6) is 0 Å². The Bertz CT molecular complexity index is 1420. The highest BCUT2D eigenvalue weighted by Crippen LogP contribution is 2.37. The van der Waals surface area contributed by atoms with Crippen molar-refractivity contribution in [3.05, 3.63) is 63.9 Å². The number of benzene rings is 2. The van der Waals surface area contributed by atoms with Crippen molar-refractivity contribution in [2.75, 3.05) is 18.5 Å².